The second-order valence-electron chi connectivity index (χ2n) is 6.65. The van der Waals surface area contributed by atoms with Gasteiger partial charge < -0.3 is 19.7 Å². The molecule has 1 aromatic carbocycles. The van der Waals surface area contributed by atoms with E-state index in [2.05, 4.69) is 5.32 Å². The molecule has 0 aromatic heterocycles. The number of nitrogens with one attached hydrogen (secondary N) is 1. The minimum absolute atomic E-state index is 0.0128. The van der Waals surface area contributed by atoms with Crippen LogP contribution in [0.4, 0.5) is 0 Å². The molecule has 6 nitrogen and oxygen atoms in total. The highest BCUT2D eigenvalue weighted by Crippen LogP contribution is 2.32. The van der Waals surface area contributed by atoms with Crippen molar-refractivity contribution in [1.29, 1.82) is 0 Å². The first kappa shape index (κ1) is 16.6. The van der Waals surface area contributed by atoms with E-state index in [1.165, 1.54) is 6.42 Å². The lowest BCUT2D eigenvalue weighted by molar-refractivity contribution is -0.135. The van der Waals surface area contributed by atoms with Gasteiger partial charge in [0.25, 0.3) is 5.91 Å². The van der Waals surface area contributed by atoms with E-state index in [1.807, 2.05) is 18.7 Å². The van der Waals surface area contributed by atoms with Gasteiger partial charge in [0, 0.05) is 18.7 Å². The number of ether oxygens (including phenoxy) is 2. The average Bonchev–Trinajstić information content (AvgIpc) is 3.07. The molecule has 1 N–H and O–H groups in total. The van der Waals surface area contributed by atoms with Gasteiger partial charge in [-0.3, -0.25) is 9.59 Å². The first-order chi connectivity index (χ1) is 11.6. The Balaban J connectivity index is 1.70. The van der Waals surface area contributed by atoms with Gasteiger partial charge in [-0.25, -0.2) is 0 Å². The Kier molecular flexibility index (Phi) is 4.92. The van der Waals surface area contributed by atoms with Crippen molar-refractivity contribution in [2.75, 3.05) is 19.9 Å². The second kappa shape index (κ2) is 7.11. The number of piperidine rings is 1. The van der Waals surface area contributed by atoms with E-state index in [0.29, 0.717) is 17.1 Å². The third-order valence-corrected chi connectivity index (χ3v) is 4.52. The van der Waals surface area contributed by atoms with Crippen molar-refractivity contribution in [3.63, 3.8) is 0 Å². The predicted molar refractivity (Wildman–Crippen MR) is 89.1 cm³/mol. The number of rotatable bonds is 4. The van der Waals surface area contributed by atoms with Crippen molar-refractivity contribution in [3.05, 3.63) is 23.8 Å². The molecule has 2 heterocycles. The van der Waals surface area contributed by atoms with Crippen LogP contribution in [0, 0.1) is 5.92 Å². The van der Waals surface area contributed by atoms with Crippen LogP contribution in [0.15, 0.2) is 18.2 Å². The summed E-state index contributed by atoms with van der Waals surface area (Å²) >= 11 is 0. The topological polar surface area (TPSA) is 67.9 Å². The zero-order chi connectivity index (χ0) is 17.1. The van der Waals surface area contributed by atoms with E-state index >= 15 is 0 Å². The van der Waals surface area contributed by atoms with E-state index in [-0.39, 0.29) is 24.5 Å². The normalized spacial score (nSPS) is 17.7. The monoisotopic (exact) mass is 332 g/mol. The van der Waals surface area contributed by atoms with E-state index in [1.54, 1.807) is 18.2 Å². The number of likely N-dealkylation sites (tertiary alicyclic amines) is 1. The summed E-state index contributed by atoms with van der Waals surface area (Å²) in [5.41, 5.74) is 0.469. The van der Waals surface area contributed by atoms with Crippen molar-refractivity contribution in [3.8, 4) is 11.5 Å². The Morgan fingerprint density at radius 1 is 1.08 bits per heavy atom. The van der Waals surface area contributed by atoms with E-state index in [9.17, 15) is 9.59 Å². The zero-order valence-electron chi connectivity index (χ0n) is 14.2. The highest BCUT2D eigenvalue weighted by molar-refractivity contribution is 5.98. The van der Waals surface area contributed by atoms with Gasteiger partial charge in [-0.2, -0.15) is 0 Å². The lowest BCUT2D eigenvalue weighted by atomic mass is 10.0. The Morgan fingerprint density at radius 3 is 2.50 bits per heavy atom. The smallest absolute Gasteiger partial charge is 0.252 e. The molecule has 0 bridgehead atoms. The fraction of sp³-hybridized carbons (Fsp3) is 0.556. The molecule has 2 aliphatic rings. The molecule has 1 atom stereocenters. The van der Waals surface area contributed by atoms with Crippen molar-refractivity contribution in [2.45, 2.75) is 39.2 Å². The molecule has 130 valence electrons. The Hall–Kier alpha value is -2.24. The molecule has 0 spiro atoms. The fourth-order valence-electron chi connectivity index (χ4n) is 3.09. The first-order valence-electron chi connectivity index (χ1n) is 8.55. The summed E-state index contributed by atoms with van der Waals surface area (Å²) in [4.78, 5) is 27.2. The molecule has 2 aliphatic heterocycles. The Labute approximate surface area is 142 Å². The Bertz CT molecular complexity index is 623. The quantitative estimate of drug-likeness (QED) is 0.918. The minimum atomic E-state index is -0.513. The fourth-order valence-corrected chi connectivity index (χ4v) is 3.09. The van der Waals surface area contributed by atoms with Crippen LogP contribution in [0.25, 0.3) is 0 Å². The van der Waals surface area contributed by atoms with Gasteiger partial charge in [-0.05, 0) is 43.4 Å². The van der Waals surface area contributed by atoms with Gasteiger partial charge in [0.1, 0.15) is 6.04 Å². The molecule has 24 heavy (non-hydrogen) atoms. The number of amides is 2. The molecular formula is C18H24N2O4. The van der Waals surface area contributed by atoms with Crippen LogP contribution in [0.1, 0.15) is 43.5 Å². The highest BCUT2D eigenvalue weighted by Gasteiger charge is 2.30. The second-order valence-corrected chi connectivity index (χ2v) is 6.65. The van der Waals surface area contributed by atoms with Crippen molar-refractivity contribution in [2.24, 2.45) is 5.92 Å². The maximum Gasteiger partial charge on any atom is 0.252 e. The molecule has 3 rings (SSSR count). The summed E-state index contributed by atoms with van der Waals surface area (Å²) in [6, 6.07) is 4.54. The maximum atomic E-state index is 12.8. The minimum Gasteiger partial charge on any atom is -0.454 e. The molecule has 1 aromatic rings. The standard InChI is InChI=1S/C18H24N2O4/c1-12(2)16(18(22)20-8-4-3-5-9-20)19-17(21)13-6-7-14-15(10-13)24-11-23-14/h6-7,10,12,16H,3-5,8-9,11H2,1-2H3,(H,19,21)/t16-/m0/s1. The molecule has 1 fully saturated rings. The van der Waals surface area contributed by atoms with Crippen LogP contribution in [0.5, 0.6) is 11.5 Å². The molecule has 0 unspecified atom stereocenters. The molecule has 0 radical (unpaired) electrons. The first-order valence-corrected chi connectivity index (χ1v) is 8.55. The SMILES string of the molecule is CC(C)[C@H](NC(=O)c1ccc2c(c1)OCO2)C(=O)N1CCCCC1. The van der Waals surface area contributed by atoms with Crippen LogP contribution >= 0.6 is 0 Å². The van der Waals surface area contributed by atoms with Crippen LogP contribution in [0.3, 0.4) is 0 Å². The third kappa shape index (κ3) is 3.47. The zero-order valence-corrected chi connectivity index (χ0v) is 14.2. The summed E-state index contributed by atoms with van der Waals surface area (Å²) in [5.74, 6) is 0.969. The molecule has 2 amide bonds. The molecule has 0 saturated carbocycles. The van der Waals surface area contributed by atoms with Crippen LogP contribution in [0.2, 0.25) is 0 Å². The van der Waals surface area contributed by atoms with Crippen molar-refractivity contribution in [1.82, 2.24) is 10.2 Å². The lowest BCUT2D eigenvalue weighted by Crippen LogP contribution is -2.52. The van der Waals surface area contributed by atoms with Gasteiger partial charge in [0.15, 0.2) is 11.5 Å². The highest BCUT2D eigenvalue weighted by atomic mass is 16.7. The summed E-state index contributed by atoms with van der Waals surface area (Å²) in [6.07, 6.45) is 3.24. The summed E-state index contributed by atoms with van der Waals surface area (Å²) in [7, 11) is 0. The molecule has 0 aliphatic carbocycles. The number of hydrogen-bond donors (Lipinski definition) is 1. The van der Waals surface area contributed by atoms with E-state index < -0.39 is 6.04 Å². The number of hydrogen-bond acceptors (Lipinski definition) is 4. The van der Waals surface area contributed by atoms with E-state index in [4.69, 9.17) is 9.47 Å². The summed E-state index contributed by atoms with van der Waals surface area (Å²) in [5, 5.41) is 2.89. The van der Waals surface area contributed by atoms with Crippen LogP contribution < -0.4 is 14.8 Å². The van der Waals surface area contributed by atoms with Gasteiger partial charge in [0.2, 0.25) is 12.7 Å². The summed E-state index contributed by atoms with van der Waals surface area (Å²) < 4.78 is 10.6. The number of benzene rings is 1. The molecular weight excluding hydrogens is 308 g/mol. The van der Waals surface area contributed by atoms with E-state index in [0.717, 1.165) is 25.9 Å². The average molecular weight is 332 g/mol. The number of carbonyl (C=O) groups is 2. The lowest BCUT2D eigenvalue weighted by Gasteiger charge is -2.32. The predicted octanol–water partition coefficient (Wildman–Crippen LogP) is 2.18. The van der Waals surface area contributed by atoms with Crippen LogP contribution in [-0.4, -0.2) is 42.6 Å². The van der Waals surface area contributed by atoms with Gasteiger partial charge in [0.05, 0.1) is 0 Å². The van der Waals surface area contributed by atoms with Crippen LogP contribution in [-0.2, 0) is 4.79 Å². The summed E-state index contributed by atoms with van der Waals surface area (Å²) in [6.45, 7) is 5.63. The van der Waals surface area contributed by atoms with Gasteiger partial charge >= 0.3 is 0 Å². The van der Waals surface area contributed by atoms with Crippen molar-refractivity contribution >= 4 is 11.8 Å². The van der Waals surface area contributed by atoms with Gasteiger partial charge in [-0.15, -0.1) is 0 Å². The number of carbonyl (C=O) groups excluding carboxylic acids is 2. The number of nitrogens with zero attached hydrogens (tertiary/aromatic N) is 1. The largest absolute Gasteiger partial charge is 0.454 e. The van der Waals surface area contributed by atoms with Gasteiger partial charge in [-0.1, -0.05) is 13.8 Å². The maximum absolute atomic E-state index is 12.8. The number of fused-ring (bicyclic) bond motifs is 1. The Morgan fingerprint density at radius 2 is 1.79 bits per heavy atom. The third-order valence-electron chi connectivity index (χ3n) is 4.52. The molecule has 1 saturated heterocycles. The molecule has 6 heteroatoms. The van der Waals surface area contributed by atoms with Crippen molar-refractivity contribution < 1.29 is 19.1 Å².